The molecule has 0 aromatic carbocycles. The van der Waals surface area contributed by atoms with Crippen molar-refractivity contribution in [1.29, 1.82) is 0 Å². The van der Waals surface area contributed by atoms with Gasteiger partial charge in [-0.2, -0.15) is 14.8 Å². The van der Waals surface area contributed by atoms with Crippen LogP contribution in [0.25, 0.3) is 11.2 Å². The first-order valence-corrected chi connectivity index (χ1v) is 13.9. The predicted octanol–water partition coefficient (Wildman–Crippen LogP) is 0.981. The molecule has 14 heteroatoms. The molecule has 14 nitrogen and oxygen atoms in total. The van der Waals surface area contributed by atoms with E-state index in [0.717, 1.165) is 38.4 Å². The zero-order valence-corrected chi connectivity index (χ0v) is 21.7. The van der Waals surface area contributed by atoms with Gasteiger partial charge in [-0.05, 0) is 37.4 Å². The molecule has 0 amide bonds. The molecule has 38 heavy (non-hydrogen) atoms. The SMILES string of the molecule is CCn1nnc([C@H]2O[C@@H](n3cnc4c(NCCC5CCCCC5)nc(N[C@H]5CCNC5)nc43)[C@H](O)[C@@H]2O)n1. The smallest absolute Gasteiger partial charge is 0.227 e. The Kier molecular flexibility index (Phi) is 7.37. The van der Waals surface area contributed by atoms with Gasteiger partial charge in [0.2, 0.25) is 11.8 Å². The minimum absolute atomic E-state index is 0.223. The number of imidazole rings is 1. The molecule has 1 saturated carbocycles. The average molecular weight is 528 g/mol. The zero-order chi connectivity index (χ0) is 26.1. The predicted molar refractivity (Wildman–Crippen MR) is 138 cm³/mol. The molecule has 3 aliphatic rings. The zero-order valence-electron chi connectivity index (χ0n) is 21.7. The lowest BCUT2D eigenvalue weighted by Gasteiger charge is -2.21. The number of aryl methyl sites for hydroxylation is 1. The van der Waals surface area contributed by atoms with Crippen LogP contribution < -0.4 is 16.0 Å². The van der Waals surface area contributed by atoms with E-state index in [-0.39, 0.29) is 11.9 Å². The van der Waals surface area contributed by atoms with Crippen LogP contribution in [0.3, 0.4) is 0 Å². The second kappa shape index (κ2) is 11.0. The first kappa shape index (κ1) is 25.3. The molecule has 0 bridgehead atoms. The quantitative estimate of drug-likeness (QED) is 0.267. The second-order valence-electron chi connectivity index (χ2n) is 10.5. The van der Waals surface area contributed by atoms with Crippen molar-refractivity contribution in [1.82, 2.24) is 45.0 Å². The van der Waals surface area contributed by atoms with Crippen molar-refractivity contribution in [3.05, 3.63) is 12.2 Å². The fourth-order valence-electron chi connectivity index (χ4n) is 5.73. The van der Waals surface area contributed by atoms with Crippen molar-refractivity contribution < 1.29 is 14.9 Å². The maximum atomic E-state index is 10.9. The maximum absolute atomic E-state index is 10.9. The van der Waals surface area contributed by atoms with Crippen LogP contribution in [-0.4, -0.2) is 87.8 Å². The van der Waals surface area contributed by atoms with E-state index in [0.29, 0.717) is 29.5 Å². The summed E-state index contributed by atoms with van der Waals surface area (Å²) in [5.74, 6) is 2.11. The van der Waals surface area contributed by atoms with E-state index in [1.807, 2.05) is 6.92 Å². The summed E-state index contributed by atoms with van der Waals surface area (Å²) >= 11 is 0. The average Bonchev–Trinajstić information content (AvgIpc) is 3.74. The van der Waals surface area contributed by atoms with Gasteiger partial charge >= 0.3 is 0 Å². The normalized spacial score (nSPS) is 28.3. The van der Waals surface area contributed by atoms with Crippen molar-refractivity contribution in [2.75, 3.05) is 30.3 Å². The van der Waals surface area contributed by atoms with E-state index in [4.69, 9.17) is 14.7 Å². The lowest BCUT2D eigenvalue weighted by atomic mass is 9.87. The van der Waals surface area contributed by atoms with Gasteiger partial charge in [-0.25, -0.2) is 4.98 Å². The Labute approximate surface area is 220 Å². The number of aliphatic hydroxyl groups is 2. The molecular weight excluding hydrogens is 490 g/mol. The first-order chi connectivity index (χ1) is 18.6. The van der Waals surface area contributed by atoms with E-state index in [1.54, 1.807) is 10.9 Å². The van der Waals surface area contributed by atoms with Crippen molar-refractivity contribution >= 4 is 22.9 Å². The van der Waals surface area contributed by atoms with Gasteiger partial charge in [0.25, 0.3) is 0 Å². The summed E-state index contributed by atoms with van der Waals surface area (Å²) in [6.45, 7) is 5.02. The van der Waals surface area contributed by atoms with Gasteiger partial charge in [0, 0.05) is 19.1 Å². The molecular formula is C24H37N11O3. The third kappa shape index (κ3) is 5.05. The number of aliphatic hydroxyl groups excluding tert-OH is 2. The monoisotopic (exact) mass is 527 g/mol. The number of anilines is 2. The Morgan fingerprint density at radius 2 is 2.00 bits per heavy atom. The molecule has 5 heterocycles. The number of nitrogens with one attached hydrogen (secondary N) is 3. The van der Waals surface area contributed by atoms with E-state index in [9.17, 15) is 10.2 Å². The number of tetrazole rings is 1. The lowest BCUT2D eigenvalue weighted by molar-refractivity contribution is -0.0384. The summed E-state index contributed by atoms with van der Waals surface area (Å²) in [5.41, 5.74) is 1.10. The Morgan fingerprint density at radius 1 is 1.13 bits per heavy atom. The van der Waals surface area contributed by atoms with E-state index in [1.165, 1.54) is 36.9 Å². The van der Waals surface area contributed by atoms with Gasteiger partial charge in [0.05, 0.1) is 12.9 Å². The van der Waals surface area contributed by atoms with Crippen LogP contribution in [0.1, 0.15) is 70.0 Å². The second-order valence-corrected chi connectivity index (χ2v) is 10.5. The highest BCUT2D eigenvalue weighted by Crippen LogP contribution is 2.39. The lowest BCUT2D eigenvalue weighted by Crippen LogP contribution is -2.29. The molecule has 3 fully saturated rings. The third-order valence-electron chi connectivity index (χ3n) is 7.90. The number of hydrogen-bond acceptors (Lipinski definition) is 12. The molecule has 1 aliphatic carbocycles. The van der Waals surface area contributed by atoms with Crippen molar-refractivity contribution in [2.45, 2.75) is 89.0 Å². The molecule has 0 spiro atoms. The minimum atomic E-state index is -1.24. The summed E-state index contributed by atoms with van der Waals surface area (Å²) in [6.07, 6.45) is 5.88. The summed E-state index contributed by atoms with van der Waals surface area (Å²) in [7, 11) is 0. The highest BCUT2D eigenvalue weighted by molar-refractivity contribution is 5.84. The van der Waals surface area contributed by atoms with Crippen molar-refractivity contribution in [3.63, 3.8) is 0 Å². The topological polar surface area (TPSA) is 173 Å². The Balaban J connectivity index is 1.27. The molecule has 3 aromatic heterocycles. The highest BCUT2D eigenvalue weighted by Gasteiger charge is 2.47. The van der Waals surface area contributed by atoms with E-state index < -0.39 is 24.5 Å². The van der Waals surface area contributed by atoms with Crippen LogP contribution in [0.4, 0.5) is 11.8 Å². The third-order valence-corrected chi connectivity index (χ3v) is 7.90. The van der Waals surface area contributed by atoms with Crippen LogP contribution in [0.5, 0.6) is 0 Å². The molecule has 3 aromatic rings. The summed E-state index contributed by atoms with van der Waals surface area (Å²) < 4.78 is 7.74. The van der Waals surface area contributed by atoms with Crippen LogP contribution >= 0.6 is 0 Å². The van der Waals surface area contributed by atoms with Gasteiger partial charge < -0.3 is 30.9 Å². The molecule has 2 saturated heterocycles. The highest BCUT2D eigenvalue weighted by atomic mass is 16.6. The number of rotatable bonds is 9. The molecule has 0 radical (unpaired) electrons. The molecule has 206 valence electrons. The summed E-state index contributed by atoms with van der Waals surface area (Å²) in [6, 6.07) is 0.227. The first-order valence-electron chi connectivity index (χ1n) is 13.9. The van der Waals surface area contributed by atoms with Crippen LogP contribution in [-0.2, 0) is 11.3 Å². The van der Waals surface area contributed by atoms with Gasteiger partial charge in [-0.15, -0.1) is 10.2 Å². The number of hydrogen-bond donors (Lipinski definition) is 5. The van der Waals surface area contributed by atoms with E-state index >= 15 is 0 Å². The van der Waals surface area contributed by atoms with Gasteiger partial charge in [-0.1, -0.05) is 32.1 Å². The summed E-state index contributed by atoms with van der Waals surface area (Å²) in [5, 5.41) is 44.2. The Morgan fingerprint density at radius 3 is 2.76 bits per heavy atom. The van der Waals surface area contributed by atoms with E-state index in [2.05, 4.69) is 36.3 Å². The number of aromatic nitrogens is 8. The molecule has 5 atom stereocenters. The largest absolute Gasteiger partial charge is 0.387 e. The maximum Gasteiger partial charge on any atom is 0.227 e. The number of ether oxygens (including phenoxy) is 1. The Hall–Kier alpha value is -2.94. The standard InChI is InChI=1S/C24H37N11O3/c1-2-35-32-21(31-33-35)19-17(36)18(37)23(38-19)34-13-27-16-20(26-11-8-14-6-4-3-5-7-14)29-24(30-22(16)34)28-15-9-10-25-12-15/h13-15,17-19,23,25,36-37H,2-12H2,1H3,(H2,26,28,29,30)/t15-,17-,18+,19-,23+/m0/s1. The molecule has 2 aliphatic heterocycles. The molecule has 6 rings (SSSR count). The van der Waals surface area contributed by atoms with Gasteiger partial charge in [0.15, 0.2) is 29.3 Å². The fourth-order valence-corrected chi connectivity index (χ4v) is 5.73. The van der Waals surface area contributed by atoms with Crippen LogP contribution in [0.2, 0.25) is 0 Å². The fraction of sp³-hybridized carbons (Fsp3) is 0.750. The van der Waals surface area contributed by atoms with Gasteiger partial charge in [0.1, 0.15) is 12.2 Å². The summed E-state index contributed by atoms with van der Waals surface area (Å²) in [4.78, 5) is 15.5. The Bertz CT molecular complexity index is 1220. The molecule has 5 N–H and O–H groups in total. The van der Waals surface area contributed by atoms with Crippen LogP contribution in [0, 0.1) is 5.92 Å². The van der Waals surface area contributed by atoms with Crippen LogP contribution in [0.15, 0.2) is 6.33 Å². The van der Waals surface area contributed by atoms with Crippen molar-refractivity contribution in [2.24, 2.45) is 5.92 Å². The number of nitrogens with zero attached hydrogens (tertiary/aromatic N) is 8. The van der Waals surface area contributed by atoms with Crippen molar-refractivity contribution in [3.8, 4) is 0 Å². The minimum Gasteiger partial charge on any atom is -0.387 e. The molecule has 0 unspecified atom stereocenters. The number of fused-ring (bicyclic) bond motifs is 1. The van der Waals surface area contributed by atoms with Gasteiger partial charge in [-0.3, -0.25) is 4.57 Å².